The third-order valence-electron chi connectivity index (χ3n) is 2.51. The molecule has 0 aromatic rings. The molecule has 1 nitrogen and oxygen atoms in total. The van der Waals surface area contributed by atoms with Crippen molar-refractivity contribution in [1.29, 1.82) is 0 Å². The molecule has 1 aliphatic rings. The van der Waals surface area contributed by atoms with Gasteiger partial charge in [0, 0.05) is 29.9 Å². The molecular formula is C9H19NSi. The highest BCUT2D eigenvalue weighted by Gasteiger charge is 2.17. The van der Waals surface area contributed by atoms with Crippen LogP contribution in [0.15, 0.2) is 10.8 Å². The van der Waals surface area contributed by atoms with Crippen LogP contribution in [0, 0.1) is 0 Å². The average Bonchev–Trinajstić information content (AvgIpc) is 2.82. The number of allylic oxidation sites excluding steroid dienone is 1. The Balaban J connectivity index is 2.45. The molecule has 0 aliphatic carbocycles. The van der Waals surface area contributed by atoms with E-state index in [1.165, 1.54) is 42.7 Å². The van der Waals surface area contributed by atoms with Crippen LogP contribution in [0.5, 0.6) is 0 Å². The van der Waals surface area contributed by atoms with Gasteiger partial charge in [0.1, 0.15) is 0 Å². The van der Waals surface area contributed by atoms with Crippen LogP contribution in [0.25, 0.3) is 0 Å². The van der Waals surface area contributed by atoms with Crippen LogP contribution in [0.1, 0.15) is 26.7 Å². The number of nitrogens with zero attached hydrogens (tertiary/aromatic N) is 1. The molecule has 1 heterocycles. The van der Waals surface area contributed by atoms with E-state index in [1.807, 2.05) is 0 Å². The monoisotopic (exact) mass is 169 g/mol. The standard InChI is InChI=1S/C9H19NSi/c1-3-8(9(11)4-2)7-10-5-6-10/h3-7H2,1-2,11H3. The summed E-state index contributed by atoms with van der Waals surface area (Å²) < 4.78 is 0. The first-order valence-electron chi connectivity index (χ1n) is 4.67. The van der Waals surface area contributed by atoms with Gasteiger partial charge >= 0.3 is 0 Å². The molecule has 0 atom stereocenters. The third kappa shape index (κ3) is 2.79. The predicted octanol–water partition coefficient (Wildman–Crippen LogP) is 0.742. The van der Waals surface area contributed by atoms with Gasteiger partial charge in [-0.1, -0.05) is 24.6 Å². The lowest BCUT2D eigenvalue weighted by atomic mass is 10.1. The maximum atomic E-state index is 2.51. The molecular weight excluding hydrogens is 150 g/mol. The molecule has 64 valence electrons. The summed E-state index contributed by atoms with van der Waals surface area (Å²) in [6.07, 6.45) is 2.55. The van der Waals surface area contributed by atoms with Gasteiger partial charge in [-0.05, 0) is 12.8 Å². The molecule has 0 aromatic carbocycles. The molecule has 0 radical (unpaired) electrons. The first kappa shape index (κ1) is 9.01. The fraction of sp³-hybridized carbons (Fsp3) is 0.778. The largest absolute Gasteiger partial charge is 0.297 e. The quantitative estimate of drug-likeness (QED) is 0.443. The zero-order valence-corrected chi connectivity index (χ0v) is 9.98. The van der Waals surface area contributed by atoms with Crippen LogP contribution in [0.3, 0.4) is 0 Å². The average molecular weight is 169 g/mol. The minimum absolute atomic E-state index is 1.27. The maximum absolute atomic E-state index is 2.51. The van der Waals surface area contributed by atoms with Gasteiger partial charge in [0.05, 0.1) is 0 Å². The normalized spacial score (nSPS) is 20.2. The summed E-state index contributed by atoms with van der Waals surface area (Å²) in [5.41, 5.74) is 1.72. The van der Waals surface area contributed by atoms with Crippen molar-refractivity contribution in [3.05, 3.63) is 10.8 Å². The van der Waals surface area contributed by atoms with E-state index in [0.717, 1.165) is 0 Å². The topological polar surface area (TPSA) is 3.01 Å². The Hall–Kier alpha value is -0.0831. The maximum Gasteiger partial charge on any atom is 0.0332 e. The summed E-state index contributed by atoms with van der Waals surface area (Å²) in [6.45, 7) is 8.50. The lowest BCUT2D eigenvalue weighted by Crippen LogP contribution is -2.05. The van der Waals surface area contributed by atoms with Crippen molar-refractivity contribution in [2.45, 2.75) is 26.7 Å². The van der Waals surface area contributed by atoms with Crippen LogP contribution in [0.2, 0.25) is 0 Å². The molecule has 0 amide bonds. The minimum Gasteiger partial charge on any atom is -0.297 e. The second-order valence-electron chi connectivity index (χ2n) is 3.37. The highest BCUT2D eigenvalue weighted by atomic mass is 28.1. The van der Waals surface area contributed by atoms with Crippen molar-refractivity contribution in [2.75, 3.05) is 19.6 Å². The number of rotatable bonds is 4. The zero-order chi connectivity index (χ0) is 8.27. The van der Waals surface area contributed by atoms with Crippen LogP contribution >= 0.6 is 0 Å². The summed E-state index contributed by atoms with van der Waals surface area (Å²) in [7, 11) is 1.27. The molecule has 11 heavy (non-hydrogen) atoms. The summed E-state index contributed by atoms with van der Waals surface area (Å²) >= 11 is 0. The van der Waals surface area contributed by atoms with E-state index in [9.17, 15) is 0 Å². The van der Waals surface area contributed by atoms with Crippen LogP contribution < -0.4 is 0 Å². The third-order valence-corrected chi connectivity index (χ3v) is 3.93. The highest BCUT2D eigenvalue weighted by Crippen LogP contribution is 2.14. The van der Waals surface area contributed by atoms with Crippen molar-refractivity contribution < 1.29 is 0 Å². The van der Waals surface area contributed by atoms with Gasteiger partial charge < -0.3 is 0 Å². The first-order valence-corrected chi connectivity index (χ1v) is 5.67. The van der Waals surface area contributed by atoms with Crippen LogP contribution in [-0.2, 0) is 0 Å². The molecule has 2 heteroatoms. The molecule has 0 unspecified atom stereocenters. The summed E-state index contributed by atoms with van der Waals surface area (Å²) in [5, 5.41) is 1.74. The van der Waals surface area contributed by atoms with Gasteiger partial charge in [0.2, 0.25) is 0 Å². The molecule has 0 saturated carbocycles. The van der Waals surface area contributed by atoms with E-state index in [1.54, 1.807) is 10.8 Å². The van der Waals surface area contributed by atoms with E-state index in [0.29, 0.717) is 0 Å². The van der Waals surface area contributed by atoms with E-state index >= 15 is 0 Å². The molecule has 1 aliphatic heterocycles. The highest BCUT2D eigenvalue weighted by molar-refractivity contribution is 6.22. The summed E-state index contributed by atoms with van der Waals surface area (Å²) in [4.78, 5) is 2.51. The second-order valence-corrected chi connectivity index (χ2v) is 4.57. The van der Waals surface area contributed by atoms with E-state index < -0.39 is 0 Å². The lowest BCUT2D eigenvalue weighted by molar-refractivity contribution is 0.597. The van der Waals surface area contributed by atoms with Gasteiger partial charge in [-0.2, -0.15) is 0 Å². The van der Waals surface area contributed by atoms with E-state index in [4.69, 9.17) is 0 Å². The molecule has 1 saturated heterocycles. The van der Waals surface area contributed by atoms with Crippen molar-refractivity contribution in [1.82, 2.24) is 4.90 Å². The lowest BCUT2D eigenvalue weighted by Gasteiger charge is -2.08. The zero-order valence-electron chi connectivity index (χ0n) is 7.98. The van der Waals surface area contributed by atoms with Gasteiger partial charge in [0.25, 0.3) is 0 Å². The van der Waals surface area contributed by atoms with Gasteiger partial charge in [-0.25, -0.2) is 0 Å². The Morgan fingerprint density at radius 2 is 1.91 bits per heavy atom. The predicted molar refractivity (Wildman–Crippen MR) is 54.0 cm³/mol. The van der Waals surface area contributed by atoms with Crippen LogP contribution in [0.4, 0.5) is 0 Å². The Bertz CT molecular complexity index is 159. The fourth-order valence-electron chi connectivity index (χ4n) is 1.30. The van der Waals surface area contributed by atoms with Gasteiger partial charge in [-0.15, -0.1) is 0 Å². The van der Waals surface area contributed by atoms with Crippen LogP contribution in [-0.4, -0.2) is 34.8 Å². The Kier molecular flexibility index (Phi) is 3.33. The molecule has 1 fully saturated rings. The van der Waals surface area contributed by atoms with Crippen molar-refractivity contribution in [3.8, 4) is 0 Å². The Morgan fingerprint density at radius 1 is 1.27 bits per heavy atom. The summed E-state index contributed by atoms with van der Waals surface area (Å²) in [6, 6.07) is 0. The Labute approximate surface area is 72.9 Å². The first-order chi connectivity index (χ1) is 5.27. The molecule has 0 aromatic heterocycles. The van der Waals surface area contributed by atoms with Crippen molar-refractivity contribution in [3.63, 3.8) is 0 Å². The van der Waals surface area contributed by atoms with Gasteiger partial charge in [0.15, 0.2) is 0 Å². The SMILES string of the molecule is CCC([SiH3])=C(CC)CN1CC1. The molecule has 0 spiro atoms. The molecule has 0 bridgehead atoms. The smallest absolute Gasteiger partial charge is 0.0332 e. The van der Waals surface area contributed by atoms with Crippen molar-refractivity contribution >= 4 is 10.2 Å². The summed E-state index contributed by atoms with van der Waals surface area (Å²) in [5.74, 6) is 0. The van der Waals surface area contributed by atoms with Crippen molar-refractivity contribution in [2.24, 2.45) is 0 Å². The number of hydrogen-bond donors (Lipinski definition) is 0. The Morgan fingerprint density at radius 3 is 2.27 bits per heavy atom. The second kappa shape index (κ2) is 4.07. The fourth-order valence-corrected chi connectivity index (χ4v) is 1.81. The van der Waals surface area contributed by atoms with E-state index in [-0.39, 0.29) is 0 Å². The van der Waals surface area contributed by atoms with E-state index in [2.05, 4.69) is 18.7 Å². The number of hydrogen-bond acceptors (Lipinski definition) is 1. The minimum atomic E-state index is 1.27. The van der Waals surface area contributed by atoms with Gasteiger partial charge in [-0.3, -0.25) is 4.90 Å². The molecule has 0 N–H and O–H groups in total. The molecule has 1 rings (SSSR count).